The Bertz CT molecular complexity index is 406. The van der Waals surface area contributed by atoms with E-state index in [-0.39, 0.29) is 6.54 Å². The second kappa shape index (κ2) is 3.96. The van der Waals surface area contributed by atoms with E-state index in [9.17, 15) is 9.90 Å². The van der Waals surface area contributed by atoms with Crippen molar-refractivity contribution in [2.45, 2.75) is 12.0 Å². The molecule has 4 nitrogen and oxygen atoms in total. The van der Waals surface area contributed by atoms with E-state index >= 15 is 0 Å². The van der Waals surface area contributed by atoms with E-state index < -0.39 is 11.7 Å². The van der Waals surface area contributed by atoms with Crippen molar-refractivity contribution in [2.24, 2.45) is 0 Å². The quantitative estimate of drug-likeness (QED) is 0.790. The number of aliphatic hydroxyl groups is 1. The lowest BCUT2D eigenvalue weighted by Crippen LogP contribution is -2.33. The van der Waals surface area contributed by atoms with Crippen molar-refractivity contribution in [3.63, 3.8) is 0 Å². The summed E-state index contributed by atoms with van der Waals surface area (Å²) in [6.07, 6.45) is -0.578. The van der Waals surface area contributed by atoms with Gasteiger partial charge in [0.1, 0.15) is 5.60 Å². The third-order valence-electron chi connectivity index (χ3n) is 2.90. The number of halogens is 1. The van der Waals surface area contributed by atoms with Crippen LogP contribution in [-0.4, -0.2) is 34.3 Å². The lowest BCUT2D eigenvalue weighted by molar-refractivity contribution is 0.0459. The number of hydrogen-bond acceptors (Lipinski definition) is 2. The SMILES string of the molecule is O=C(O)N1CCC(O)(c2ccc(Cl)cc2)C1. The van der Waals surface area contributed by atoms with Crippen LogP contribution in [0, 0.1) is 0 Å². The van der Waals surface area contributed by atoms with Crippen molar-refractivity contribution < 1.29 is 15.0 Å². The minimum Gasteiger partial charge on any atom is -0.465 e. The zero-order valence-electron chi connectivity index (χ0n) is 8.56. The molecule has 0 saturated carbocycles. The Labute approximate surface area is 98.1 Å². The summed E-state index contributed by atoms with van der Waals surface area (Å²) in [4.78, 5) is 12.0. The van der Waals surface area contributed by atoms with E-state index in [2.05, 4.69) is 0 Å². The fourth-order valence-corrected chi connectivity index (χ4v) is 2.08. The fraction of sp³-hybridized carbons (Fsp3) is 0.364. The van der Waals surface area contributed by atoms with Crippen LogP contribution < -0.4 is 0 Å². The maximum absolute atomic E-state index is 10.8. The number of benzene rings is 1. The zero-order chi connectivity index (χ0) is 11.8. The molecule has 0 radical (unpaired) electrons. The third-order valence-corrected chi connectivity index (χ3v) is 3.15. The Hall–Kier alpha value is -1.26. The van der Waals surface area contributed by atoms with Gasteiger partial charge in [-0.2, -0.15) is 0 Å². The molecule has 86 valence electrons. The van der Waals surface area contributed by atoms with E-state index in [1.807, 2.05) is 0 Å². The minimum absolute atomic E-state index is 0.115. The molecular weight excluding hydrogens is 230 g/mol. The highest BCUT2D eigenvalue weighted by Gasteiger charge is 2.39. The molecular formula is C11H12ClNO3. The predicted molar refractivity (Wildman–Crippen MR) is 59.6 cm³/mol. The minimum atomic E-state index is -1.08. The van der Waals surface area contributed by atoms with Crippen LogP contribution in [0.4, 0.5) is 4.79 Å². The molecule has 1 aliphatic rings. The Morgan fingerprint density at radius 1 is 1.38 bits per heavy atom. The van der Waals surface area contributed by atoms with Gasteiger partial charge in [0.05, 0.1) is 6.54 Å². The maximum atomic E-state index is 10.8. The normalized spacial score (nSPS) is 24.8. The molecule has 1 aliphatic heterocycles. The summed E-state index contributed by atoms with van der Waals surface area (Å²) in [6, 6.07) is 6.85. The molecule has 0 bridgehead atoms. The van der Waals surface area contributed by atoms with Gasteiger partial charge in [-0.1, -0.05) is 23.7 Å². The molecule has 1 aromatic carbocycles. The molecule has 1 aromatic rings. The Balaban J connectivity index is 2.21. The van der Waals surface area contributed by atoms with Crippen LogP contribution in [0.2, 0.25) is 5.02 Å². The summed E-state index contributed by atoms with van der Waals surface area (Å²) >= 11 is 5.76. The average Bonchev–Trinajstić information content (AvgIpc) is 2.63. The van der Waals surface area contributed by atoms with E-state index in [1.165, 1.54) is 4.90 Å². The molecule has 1 fully saturated rings. The van der Waals surface area contributed by atoms with Crippen molar-refractivity contribution in [3.05, 3.63) is 34.9 Å². The summed E-state index contributed by atoms with van der Waals surface area (Å²) in [6.45, 7) is 0.471. The highest BCUT2D eigenvalue weighted by Crippen LogP contribution is 2.32. The first-order valence-corrected chi connectivity index (χ1v) is 5.35. The number of rotatable bonds is 1. The van der Waals surface area contributed by atoms with E-state index in [0.717, 1.165) is 0 Å². The van der Waals surface area contributed by atoms with Crippen LogP contribution in [0.3, 0.4) is 0 Å². The Kier molecular flexibility index (Phi) is 2.78. The molecule has 1 amide bonds. The van der Waals surface area contributed by atoms with Gasteiger partial charge in [-0.25, -0.2) is 4.79 Å². The predicted octanol–water partition coefficient (Wildman–Crippen LogP) is 1.91. The number of nitrogens with zero attached hydrogens (tertiary/aromatic N) is 1. The largest absolute Gasteiger partial charge is 0.465 e. The van der Waals surface area contributed by atoms with Crippen molar-refractivity contribution in [1.29, 1.82) is 0 Å². The van der Waals surface area contributed by atoms with Gasteiger partial charge < -0.3 is 15.1 Å². The van der Waals surface area contributed by atoms with E-state index in [4.69, 9.17) is 16.7 Å². The first-order chi connectivity index (χ1) is 7.51. The molecule has 2 N–H and O–H groups in total. The first-order valence-electron chi connectivity index (χ1n) is 4.97. The molecule has 16 heavy (non-hydrogen) atoms. The molecule has 5 heteroatoms. The molecule has 1 saturated heterocycles. The fourth-order valence-electron chi connectivity index (χ4n) is 1.95. The monoisotopic (exact) mass is 241 g/mol. The molecule has 0 aliphatic carbocycles. The molecule has 1 unspecified atom stereocenters. The highest BCUT2D eigenvalue weighted by atomic mass is 35.5. The first kappa shape index (κ1) is 11.2. The molecule has 2 rings (SSSR count). The maximum Gasteiger partial charge on any atom is 0.407 e. The van der Waals surface area contributed by atoms with Crippen LogP contribution in [0.15, 0.2) is 24.3 Å². The van der Waals surface area contributed by atoms with Crippen molar-refractivity contribution in [2.75, 3.05) is 13.1 Å². The van der Waals surface area contributed by atoms with Gasteiger partial charge >= 0.3 is 6.09 Å². The van der Waals surface area contributed by atoms with Crippen molar-refractivity contribution in [3.8, 4) is 0 Å². The number of likely N-dealkylation sites (tertiary alicyclic amines) is 1. The Morgan fingerprint density at radius 2 is 2.00 bits per heavy atom. The summed E-state index contributed by atoms with van der Waals surface area (Å²) in [7, 11) is 0. The van der Waals surface area contributed by atoms with E-state index in [1.54, 1.807) is 24.3 Å². The summed E-state index contributed by atoms with van der Waals surface area (Å²) < 4.78 is 0. The number of hydrogen-bond donors (Lipinski definition) is 2. The van der Waals surface area contributed by atoms with Gasteiger partial charge in [-0.3, -0.25) is 0 Å². The number of amides is 1. The van der Waals surface area contributed by atoms with Crippen molar-refractivity contribution in [1.82, 2.24) is 4.90 Å². The van der Waals surface area contributed by atoms with Crippen LogP contribution in [0.25, 0.3) is 0 Å². The molecule has 1 heterocycles. The second-order valence-electron chi connectivity index (χ2n) is 3.99. The summed E-state index contributed by atoms with van der Waals surface area (Å²) in [5, 5.41) is 19.8. The Morgan fingerprint density at radius 3 is 2.50 bits per heavy atom. The van der Waals surface area contributed by atoms with Gasteiger partial charge in [0.15, 0.2) is 0 Å². The van der Waals surface area contributed by atoms with Crippen molar-refractivity contribution >= 4 is 17.7 Å². The lowest BCUT2D eigenvalue weighted by atomic mass is 9.93. The topological polar surface area (TPSA) is 60.8 Å². The zero-order valence-corrected chi connectivity index (χ0v) is 9.31. The summed E-state index contributed by atoms with van der Waals surface area (Å²) in [5.41, 5.74) is -0.371. The van der Waals surface area contributed by atoms with Gasteiger partial charge in [-0.05, 0) is 24.1 Å². The van der Waals surface area contributed by atoms with Crippen LogP contribution in [0.5, 0.6) is 0 Å². The van der Waals surface area contributed by atoms with Gasteiger partial charge in [0.2, 0.25) is 0 Å². The number of β-amino-alcohol motifs (C(OH)–C–C–N with tert-alkyl or cyclic N) is 1. The van der Waals surface area contributed by atoms with Crippen LogP contribution >= 0.6 is 11.6 Å². The molecule has 0 aromatic heterocycles. The number of carboxylic acid groups (broad SMARTS) is 1. The van der Waals surface area contributed by atoms with Crippen LogP contribution in [-0.2, 0) is 5.60 Å². The van der Waals surface area contributed by atoms with E-state index in [0.29, 0.717) is 23.6 Å². The van der Waals surface area contributed by atoms with Gasteiger partial charge in [0.25, 0.3) is 0 Å². The number of carbonyl (C=O) groups is 1. The van der Waals surface area contributed by atoms with Gasteiger partial charge in [0, 0.05) is 11.6 Å². The standard InChI is InChI=1S/C11H12ClNO3/c12-9-3-1-8(2-4-9)11(16)5-6-13(7-11)10(14)15/h1-4,16H,5-7H2,(H,14,15). The smallest absolute Gasteiger partial charge is 0.407 e. The van der Waals surface area contributed by atoms with Crippen LogP contribution in [0.1, 0.15) is 12.0 Å². The highest BCUT2D eigenvalue weighted by molar-refractivity contribution is 6.30. The lowest BCUT2D eigenvalue weighted by Gasteiger charge is -2.22. The molecule has 0 spiro atoms. The molecule has 1 atom stereocenters. The summed E-state index contributed by atoms with van der Waals surface area (Å²) in [5.74, 6) is 0. The second-order valence-corrected chi connectivity index (χ2v) is 4.43. The van der Waals surface area contributed by atoms with Gasteiger partial charge in [-0.15, -0.1) is 0 Å². The average molecular weight is 242 g/mol. The third kappa shape index (κ3) is 1.99.